The molecule has 0 saturated carbocycles. The van der Waals surface area contributed by atoms with Crippen LogP contribution in [0, 0.1) is 5.82 Å². The lowest BCUT2D eigenvalue weighted by Crippen LogP contribution is -2.36. The number of benzene rings is 1. The lowest BCUT2D eigenvalue weighted by atomic mass is 10.0. The van der Waals surface area contributed by atoms with Crippen molar-refractivity contribution in [2.45, 2.75) is 31.9 Å². The normalized spacial score (nSPS) is 16.4. The Morgan fingerprint density at radius 3 is 2.69 bits per heavy atom. The molecule has 1 aromatic heterocycles. The molecule has 2 aromatic rings. The summed E-state index contributed by atoms with van der Waals surface area (Å²) in [5, 5.41) is 13.1. The highest BCUT2D eigenvalue weighted by Crippen LogP contribution is 2.31. The van der Waals surface area contributed by atoms with E-state index in [2.05, 4.69) is 20.2 Å². The molecule has 1 fully saturated rings. The highest BCUT2D eigenvalue weighted by molar-refractivity contribution is 5.57. The first-order chi connectivity index (χ1) is 12.4. The van der Waals surface area contributed by atoms with E-state index in [9.17, 15) is 9.50 Å². The SMILES string of the molecule is CC(Nc1ccnc(N(C)C)n1)c1cc(F)ccc1N1CCC(O)CC1. The Hall–Kier alpha value is -2.41. The number of hydrogen-bond acceptors (Lipinski definition) is 6. The third-order valence-electron chi connectivity index (χ3n) is 4.67. The van der Waals surface area contributed by atoms with E-state index >= 15 is 0 Å². The van der Waals surface area contributed by atoms with Crippen molar-refractivity contribution in [2.75, 3.05) is 42.3 Å². The summed E-state index contributed by atoms with van der Waals surface area (Å²) >= 11 is 0. The second kappa shape index (κ2) is 7.86. The minimum atomic E-state index is -0.258. The van der Waals surface area contributed by atoms with E-state index in [1.807, 2.05) is 32.0 Å². The van der Waals surface area contributed by atoms with Crippen LogP contribution >= 0.6 is 0 Å². The second-order valence-electron chi connectivity index (χ2n) is 6.92. The van der Waals surface area contributed by atoms with Crippen molar-refractivity contribution in [3.8, 4) is 0 Å². The van der Waals surface area contributed by atoms with E-state index in [0.29, 0.717) is 11.8 Å². The Morgan fingerprint density at radius 1 is 1.27 bits per heavy atom. The molecule has 7 heteroatoms. The van der Waals surface area contributed by atoms with Crippen molar-refractivity contribution in [3.05, 3.63) is 41.8 Å². The average molecular weight is 359 g/mol. The molecule has 26 heavy (non-hydrogen) atoms. The van der Waals surface area contributed by atoms with Gasteiger partial charge in [0.05, 0.1) is 12.1 Å². The van der Waals surface area contributed by atoms with Gasteiger partial charge in [0.1, 0.15) is 11.6 Å². The average Bonchev–Trinajstić information content (AvgIpc) is 2.62. The minimum absolute atomic E-state index is 0.127. The molecule has 0 aliphatic carbocycles. The molecule has 0 spiro atoms. The van der Waals surface area contributed by atoms with Crippen LogP contribution in [-0.4, -0.2) is 48.4 Å². The molecule has 0 amide bonds. The van der Waals surface area contributed by atoms with Gasteiger partial charge in [0.2, 0.25) is 5.95 Å². The predicted octanol–water partition coefficient (Wildman–Crippen LogP) is 2.82. The molecule has 2 N–H and O–H groups in total. The van der Waals surface area contributed by atoms with Crippen molar-refractivity contribution in [1.29, 1.82) is 0 Å². The standard InChI is InChI=1S/C19H26FN5O/c1-13(22-18-6-9-21-19(23-18)24(2)3)16-12-14(20)4-5-17(16)25-10-7-15(26)8-11-25/h4-6,9,12-13,15,26H,7-8,10-11H2,1-3H3,(H,21,22,23). The highest BCUT2D eigenvalue weighted by atomic mass is 19.1. The van der Waals surface area contributed by atoms with Gasteiger partial charge in [0.15, 0.2) is 0 Å². The van der Waals surface area contributed by atoms with Gasteiger partial charge in [0.25, 0.3) is 0 Å². The van der Waals surface area contributed by atoms with E-state index in [0.717, 1.165) is 37.2 Å². The maximum Gasteiger partial charge on any atom is 0.226 e. The van der Waals surface area contributed by atoms with Gasteiger partial charge in [-0.1, -0.05) is 0 Å². The van der Waals surface area contributed by atoms with Gasteiger partial charge < -0.3 is 20.2 Å². The summed E-state index contributed by atoms with van der Waals surface area (Å²) in [4.78, 5) is 12.7. The summed E-state index contributed by atoms with van der Waals surface area (Å²) in [6.07, 6.45) is 2.93. The number of aromatic nitrogens is 2. The molecule has 1 aliphatic rings. The van der Waals surface area contributed by atoms with E-state index in [1.165, 1.54) is 6.07 Å². The van der Waals surface area contributed by atoms with Crippen LogP contribution < -0.4 is 15.1 Å². The Morgan fingerprint density at radius 2 is 2.00 bits per heavy atom. The Balaban J connectivity index is 1.83. The Bertz CT molecular complexity index is 746. The quantitative estimate of drug-likeness (QED) is 0.856. The molecule has 2 heterocycles. The van der Waals surface area contributed by atoms with Crippen molar-refractivity contribution >= 4 is 17.5 Å². The molecular weight excluding hydrogens is 333 g/mol. The lowest BCUT2D eigenvalue weighted by molar-refractivity contribution is 0.145. The lowest BCUT2D eigenvalue weighted by Gasteiger charge is -2.34. The van der Waals surface area contributed by atoms with E-state index in [4.69, 9.17) is 0 Å². The Kier molecular flexibility index (Phi) is 5.56. The Labute approximate surface area is 153 Å². The highest BCUT2D eigenvalue weighted by Gasteiger charge is 2.22. The zero-order valence-corrected chi connectivity index (χ0v) is 15.5. The van der Waals surface area contributed by atoms with Gasteiger partial charge in [-0.2, -0.15) is 4.98 Å². The number of rotatable bonds is 5. The van der Waals surface area contributed by atoms with Crippen LogP contribution in [0.3, 0.4) is 0 Å². The smallest absolute Gasteiger partial charge is 0.226 e. The monoisotopic (exact) mass is 359 g/mol. The molecule has 1 saturated heterocycles. The molecule has 3 rings (SSSR count). The van der Waals surface area contributed by atoms with Gasteiger partial charge in [-0.05, 0) is 44.0 Å². The van der Waals surface area contributed by atoms with Gasteiger partial charge in [0, 0.05) is 44.6 Å². The largest absolute Gasteiger partial charge is 0.393 e. The fraction of sp³-hybridized carbons (Fsp3) is 0.474. The molecular formula is C19H26FN5O. The summed E-state index contributed by atoms with van der Waals surface area (Å²) < 4.78 is 13.9. The summed E-state index contributed by atoms with van der Waals surface area (Å²) in [6, 6.07) is 6.57. The molecule has 0 radical (unpaired) electrons. The van der Waals surface area contributed by atoms with E-state index in [1.54, 1.807) is 18.3 Å². The predicted molar refractivity (Wildman–Crippen MR) is 102 cm³/mol. The second-order valence-corrected chi connectivity index (χ2v) is 6.92. The van der Waals surface area contributed by atoms with Gasteiger partial charge in [-0.15, -0.1) is 0 Å². The first-order valence-corrected chi connectivity index (χ1v) is 8.93. The number of piperidine rings is 1. The molecule has 1 aliphatic heterocycles. The van der Waals surface area contributed by atoms with Crippen LogP contribution in [0.15, 0.2) is 30.5 Å². The number of anilines is 3. The maximum absolute atomic E-state index is 13.9. The van der Waals surface area contributed by atoms with Crippen molar-refractivity contribution in [3.63, 3.8) is 0 Å². The molecule has 1 aromatic carbocycles. The van der Waals surface area contributed by atoms with Crippen LogP contribution in [0.5, 0.6) is 0 Å². The number of nitrogens with one attached hydrogen (secondary N) is 1. The topological polar surface area (TPSA) is 64.5 Å². The number of nitrogens with zero attached hydrogens (tertiary/aromatic N) is 4. The molecule has 0 bridgehead atoms. The first-order valence-electron chi connectivity index (χ1n) is 8.93. The van der Waals surface area contributed by atoms with Gasteiger partial charge >= 0.3 is 0 Å². The summed E-state index contributed by atoms with van der Waals surface area (Å²) in [5.41, 5.74) is 1.88. The third-order valence-corrected chi connectivity index (χ3v) is 4.67. The van der Waals surface area contributed by atoms with Crippen LogP contribution in [0.4, 0.5) is 21.8 Å². The number of aliphatic hydroxyl groups is 1. The summed E-state index contributed by atoms with van der Waals surface area (Å²) in [7, 11) is 3.77. The molecule has 6 nitrogen and oxygen atoms in total. The summed E-state index contributed by atoms with van der Waals surface area (Å²) in [6.45, 7) is 3.53. The number of hydrogen-bond donors (Lipinski definition) is 2. The zero-order chi connectivity index (χ0) is 18.7. The molecule has 1 unspecified atom stereocenters. The van der Waals surface area contributed by atoms with Gasteiger partial charge in [-0.25, -0.2) is 9.37 Å². The van der Waals surface area contributed by atoms with Crippen LogP contribution in [0.1, 0.15) is 31.4 Å². The minimum Gasteiger partial charge on any atom is -0.393 e. The van der Waals surface area contributed by atoms with Crippen LogP contribution in [0.2, 0.25) is 0 Å². The third kappa shape index (κ3) is 4.22. The fourth-order valence-corrected chi connectivity index (χ4v) is 3.21. The van der Waals surface area contributed by atoms with Crippen molar-refractivity contribution in [1.82, 2.24) is 9.97 Å². The number of aliphatic hydroxyl groups excluding tert-OH is 1. The molecule has 140 valence electrons. The van der Waals surface area contributed by atoms with E-state index < -0.39 is 0 Å². The van der Waals surface area contributed by atoms with Crippen molar-refractivity contribution in [2.24, 2.45) is 0 Å². The van der Waals surface area contributed by atoms with Crippen LogP contribution in [0.25, 0.3) is 0 Å². The van der Waals surface area contributed by atoms with Crippen molar-refractivity contribution < 1.29 is 9.50 Å². The molecule has 1 atom stereocenters. The van der Waals surface area contributed by atoms with E-state index in [-0.39, 0.29) is 18.0 Å². The van der Waals surface area contributed by atoms with Crippen LogP contribution in [-0.2, 0) is 0 Å². The number of halogens is 1. The fourth-order valence-electron chi connectivity index (χ4n) is 3.21. The maximum atomic E-state index is 13.9. The first kappa shape index (κ1) is 18.4. The summed E-state index contributed by atoms with van der Waals surface area (Å²) in [5.74, 6) is 1.05. The zero-order valence-electron chi connectivity index (χ0n) is 15.5. The van der Waals surface area contributed by atoms with Gasteiger partial charge in [-0.3, -0.25) is 0 Å².